The first kappa shape index (κ1) is 16.6. The van der Waals surface area contributed by atoms with Crippen molar-refractivity contribution in [3.8, 4) is 5.69 Å². The molecule has 1 heterocycles. The molecule has 0 saturated heterocycles. The van der Waals surface area contributed by atoms with E-state index in [0.717, 1.165) is 24.9 Å². The highest BCUT2D eigenvalue weighted by molar-refractivity contribution is 5.78. The Morgan fingerprint density at radius 1 is 1.42 bits per heavy atom. The summed E-state index contributed by atoms with van der Waals surface area (Å²) in [7, 11) is 0. The fourth-order valence-corrected chi connectivity index (χ4v) is 3.27. The molecule has 1 aromatic heterocycles. The number of nitrogens with one attached hydrogen (secondary N) is 1. The minimum absolute atomic E-state index is 0.00850. The van der Waals surface area contributed by atoms with Crippen LogP contribution in [0.4, 0.5) is 4.39 Å². The van der Waals surface area contributed by atoms with Crippen molar-refractivity contribution in [3.63, 3.8) is 0 Å². The Kier molecular flexibility index (Phi) is 4.66. The summed E-state index contributed by atoms with van der Waals surface area (Å²) < 4.78 is 14.6. The van der Waals surface area contributed by atoms with Crippen LogP contribution in [0.25, 0.3) is 5.69 Å². The lowest BCUT2D eigenvalue weighted by atomic mass is 9.86. The van der Waals surface area contributed by atoms with Gasteiger partial charge in [-0.15, -0.1) is 0 Å². The molecule has 1 saturated carbocycles. The SMILES string of the molecule is CC1(CO)CCCC1NC(=O)Cc1ccn(-c2ccc(F)cc2)n1. The van der Waals surface area contributed by atoms with E-state index in [-0.39, 0.29) is 36.2 Å². The molecule has 2 unspecified atom stereocenters. The molecular weight excluding hydrogens is 309 g/mol. The van der Waals surface area contributed by atoms with Gasteiger partial charge in [-0.3, -0.25) is 4.79 Å². The minimum atomic E-state index is -0.297. The Morgan fingerprint density at radius 3 is 2.88 bits per heavy atom. The van der Waals surface area contributed by atoms with Crippen LogP contribution in [0.15, 0.2) is 36.5 Å². The topological polar surface area (TPSA) is 67.2 Å². The Labute approximate surface area is 140 Å². The molecule has 0 aliphatic heterocycles. The van der Waals surface area contributed by atoms with Crippen molar-refractivity contribution in [2.45, 2.75) is 38.6 Å². The Morgan fingerprint density at radius 2 is 2.17 bits per heavy atom. The van der Waals surface area contributed by atoms with Crippen LogP contribution >= 0.6 is 0 Å². The van der Waals surface area contributed by atoms with Crippen LogP contribution in [-0.4, -0.2) is 33.4 Å². The van der Waals surface area contributed by atoms with Gasteiger partial charge in [-0.1, -0.05) is 13.3 Å². The molecule has 1 amide bonds. The van der Waals surface area contributed by atoms with E-state index in [0.29, 0.717) is 5.69 Å². The third kappa shape index (κ3) is 3.48. The molecule has 2 N–H and O–H groups in total. The van der Waals surface area contributed by atoms with Crippen LogP contribution < -0.4 is 5.32 Å². The van der Waals surface area contributed by atoms with E-state index in [1.54, 1.807) is 29.1 Å². The van der Waals surface area contributed by atoms with Gasteiger partial charge in [0.25, 0.3) is 0 Å². The molecule has 6 heteroatoms. The number of carbonyl (C=O) groups excluding carboxylic acids is 1. The Hall–Kier alpha value is -2.21. The summed E-state index contributed by atoms with van der Waals surface area (Å²) in [5.74, 6) is -0.389. The maximum Gasteiger partial charge on any atom is 0.226 e. The maximum absolute atomic E-state index is 13.0. The van der Waals surface area contributed by atoms with E-state index in [1.807, 2.05) is 6.92 Å². The monoisotopic (exact) mass is 331 g/mol. The van der Waals surface area contributed by atoms with E-state index in [1.165, 1.54) is 12.1 Å². The first-order chi connectivity index (χ1) is 11.5. The number of aromatic nitrogens is 2. The fourth-order valence-electron chi connectivity index (χ4n) is 3.27. The lowest BCUT2D eigenvalue weighted by Gasteiger charge is -2.30. The van der Waals surface area contributed by atoms with Crippen molar-refractivity contribution in [1.29, 1.82) is 0 Å². The highest BCUT2D eigenvalue weighted by Gasteiger charge is 2.39. The van der Waals surface area contributed by atoms with Gasteiger partial charge in [0.1, 0.15) is 5.82 Å². The van der Waals surface area contributed by atoms with E-state index >= 15 is 0 Å². The van der Waals surface area contributed by atoms with Crippen LogP contribution in [0.2, 0.25) is 0 Å². The summed E-state index contributed by atoms with van der Waals surface area (Å²) in [5.41, 5.74) is 1.16. The second kappa shape index (κ2) is 6.73. The lowest BCUT2D eigenvalue weighted by molar-refractivity contribution is -0.122. The predicted molar refractivity (Wildman–Crippen MR) is 88.2 cm³/mol. The van der Waals surface area contributed by atoms with Crippen molar-refractivity contribution in [3.05, 3.63) is 48.0 Å². The lowest BCUT2D eigenvalue weighted by Crippen LogP contribution is -2.45. The summed E-state index contributed by atoms with van der Waals surface area (Å²) in [6.07, 6.45) is 4.77. The second-order valence-electron chi connectivity index (χ2n) is 6.73. The first-order valence-corrected chi connectivity index (χ1v) is 8.21. The number of hydrogen-bond acceptors (Lipinski definition) is 3. The van der Waals surface area contributed by atoms with E-state index in [2.05, 4.69) is 10.4 Å². The van der Waals surface area contributed by atoms with Crippen LogP contribution in [-0.2, 0) is 11.2 Å². The normalized spacial score (nSPS) is 23.4. The number of aliphatic hydroxyl groups excluding tert-OH is 1. The molecule has 1 aromatic carbocycles. The minimum Gasteiger partial charge on any atom is -0.396 e. The molecule has 1 aliphatic rings. The number of halogens is 1. The molecule has 2 atom stereocenters. The molecule has 0 spiro atoms. The Bertz CT molecular complexity index is 713. The zero-order chi connectivity index (χ0) is 17.2. The number of rotatable bonds is 5. The highest BCUT2D eigenvalue weighted by Crippen LogP contribution is 2.37. The highest BCUT2D eigenvalue weighted by atomic mass is 19.1. The van der Waals surface area contributed by atoms with Gasteiger partial charge in [-0.05, 0) is 43.2 Å². The van der Waals surface area contributed by atoms with E-state index in [9.17, 15) is 14.3 Å². The second-order valence-corrected chi connectivity index (χ2v) is 6.73. The zero-order valence-corrected chi connectivity index (χ0v) is 13.7. The standard InChI is InChI=1S/C18H22FN3O2/c1-18(12-23)9-2-3-16(18)20-17(24)11-14-8-10-22(21-14)15-6-4-13(19)5-7-15/h4-8,10,16,23H,2-3,9,11-12H2,1H3,(H,20,24). The number of nitrogens with zero attached hydrogens (tertiary/aromatic N) is 2. The quantitative estimate of drug-likeness (QED) is 0.883. The van der Waals surface area contributed by atoms with Crippen LogP contribution in [0.3, 0.4) is 0 Å². The van der Waals surface area contributed by atoms with Gasteiger partial charge in [0.05, 0.1) is 24.4 Å². The molecule has 24 heavy (non-hydrogen) atoms. The number of hydrogen-bond donors (Lipinski definition) is 2. The summed E-state index contributed by atoms with van der Waals surface area (Å²) in [6.45, 7) is 2.09. The van der Waals surface area contributed by atoms with Gasteiger partial charge in [0.2, 0.25) is 5.91 Å². The predicted octanol–water partition coefficient (Wildman–Crippen LogP) is 2.22. The average molecular weight is 331 g/mol. The van der Waals surface area contributed by atoms with Crippen LogP contribution in [0, 0.1) is 11.2 Å². The van der Waals surface area contributed by atoms with Crippen molar-refractivity contribution >= 4 is 5.91 Å². The van der Waals surface area contributed by atoms with Crippen molar-refractivity contribution < 1.29 is 14.3 Å². The van der Waals surface area contributed by atoms with Gasteiger partial charge >= 0.3 is 0 Å². The molecule has 2 aromatic rings. The van der Waals surface area contributed by atoms with Gasteiger partial charge in [-0.2, -0.15) is 5.10 Å². The van der Waals surface area contributed by atoms with E-state index in [4.69, 9.17) is 0 Å². The average Bonchev–Trinajstić information content (AvgIpc) is 3.16. The molecule has 1 aliphatic carbocycles. The maximum atomic E-state index is 13.0. The Balaban J connectivity index is 1.62. The van der Waals surface area contributed by atoms with Gasteiger partial charge < -0.3 is 10.4 Å². The largest absolute Gasteiger partial charge is 0.396 e. The molecule has 1 fully saturated rings. The van der Waals surface area contributed by atoms with Gasteiger partial charge in [0, 0.05) is 17.7 Å². The number of aliphatic hydroxyl groups is 1. The van der Waals surface area contributed by atoms with Gasteiger partial charge in [0.15, 0.2) is 0 Å². The molecule has 0 radical (unpaired) electrons. The van der Waals surface area contributed by atoms with Gasteiger partial charge in [-0.25, -0.2) is 9.07 Å². The smallest absolute Gasteiger partial charge is 0.226 e. The van der Waals surface area contributed by atoms with E-state index < -0.39 is 0 Å². The summed E-state index contributed by atoms with van der Waals surface area (Å²) in [4.78, 5) is 12.3. The van der Waals surface area contributed by atoms with Crippen LogP contribution in [0.5, 0.6) is 0 Å². The zero-order valence-electron chi connectivity index (χ0n) is 13.7. The molecule has 5 nitrogen and oxygen atoms in total. The number of carbonyl (C=O) groups is 1. The van der Waals surface area contributed by atoms with Crippen molar-refractivity contribution in [2.24, 2.45) is 5.41 Å². The number of benzene rings is 1. The molecule has 128 valence electrons. The van der Waals surface area contributed by atoms with Crippen molar-refractivity contribution in [2.75, 3.05) is 6.61 Å². The molecular formula is C18H22FN3O2. The number of amides is 1. The molecule has 0 bridgehead atoms. The van der Waals surface area contributed by atoms with Crippen LogP contribution in [0.1, 0.15) is 31.9 Å². The summed E-state index contributed by atoms with van der Waals surface area (Å²) in [6, 6.07) is 7.81. The third-order valence-electron chi connectivity index (χ3n) is 4.86. The molecule has 3 rings (SSSR count). The summed E-state index contributed by atoms with van der Waals surface area (Å²) >= 11 is 0. The van der Waals surface area contributed by atoms with Crippen molar-refractivity contribution in [1.82, 2.24) is 15.1 Å². The third-order valence-corrected chi connectivity index (χ3v) is 4.86. The fraction of sp³-hybridized carbons (Fsp3) is 0.444. The summed E-state index contributed by atoms with van der Waals surface area (Å²) in [5, 5.41) is 16.9. The first-order valence-electron chi connectivity index (χ1n) is 8.21.